The van der Waals surface area contributed by atoms with Crippen molar-refractivity contribution < 1.29 is 0 Å². The number of nitrogens with zero attached hydrogens (tertiary/aromatic N) is 4. The molecule has 0 aromatic carbocycles. The van der Waals surface area contributed by atoms with Gasteiger partial charge in [0.05, 0.1) is 11.9 Å². The molecule has 1 N–H and O–H groups in total. The largest absolute Gasteiger partial charge is 0.368 e. The number of aryl methyl sites for hydroxylation is 1. The van der Waals surface area contributed by atoms with Crippen LogP contribution in [0.25, 0.3) is 11.4 Å². The average molecular weight is 231 g/mol. The van der Waals surface area contributed by atoms with E-state index in [1.165, 1.54) is 0 Å². The summed E-state index contributed by atoms with van der Waals surface area (Å²) < 4.78 is 2.02. The molecule has 0 aliphatic carbocycles. The molecule has 2 aromatic heterocycles. The van der Waals surface area contributed by atoms with Crippen molar-refractivity contribution in [3.63, 3.8) is 0 Å². The zero-order chi connectivity index (χ0) is 12.3. The lowest BCUT2D eigenvalue weighted by molar-refractivity contribution is 0.860. The van der Waals surface area contributed by atoms with Crippen LogP contribution in [0.5, 0.6) is 0 Å². The minimum Gasteiger partial charge on any atom is -0.368 e. The zero-order valence-corrected chi connectivity index (χ0v) is 10.4. The first-order valence-corrected chi connectivity index (χ1v) is 5.77. The molecule has 2 heterocycles. The lowest BCUT2D eigenvalue weighted by Gasteiger charge is -2.09. The number of rotatable bonds is 4. The molecule has 0 saturated carbocycles. The third-order valence-corrected chi connectivity index (χ3v) is 2.70. The van der Waals surface area contributed by atoms with Gasteiger partial charge in [0.1, 0.15) is 11.5 Å². The summed E-state index contributed by atoms with van der Waals surface area (Å²) >= 11 is 0. The highest BCUT2D eigenvalue weighted by molar-refractivity contribution is 5.68. The minimum atomic E-state index is 0.817. The van der Waals surface area contributed by atoms with E-state index in [9.17, 15) is 0 Å². The molecule has 0 radical (unpaired) electrons. The molecule has 0 spiro atoms. The van der Waals surface area contributed by atoms with Crippen LogP contribution < -0.4 is 5.32 Å². The zero-order valence-electron chi connectivity index (χ0n) is 10.4. The van der Waals surface area contributed by atoms with Crippen molar-refractivity contribution in [2.24, 2.45) is 7.05 Å². The van der Waals surface area contributed by atoms with Crippen molar-refractivity contribution in [1.29, 1.82) is 0 Å². The van der Waals surface area contributed by atoms with E-state index in [-0.39, 0.29) is 0 Å². The van der Waals surface area contributed by atoms with Gasteiger partial charge in [-0.2, -0.15) is 0 Å². The van der Waals surface area contributed by atoms with Crippen LogP contribution in [-0.4, -0.2) is 26.1 Å². The molecule has 5 heteroatoms. The molecule has 0 atom stereocenters. The fraction of sp³-hybridized carbons (Fsp3) is 0.417. The first-order chi connectivity index (χ1) is 8.24. The Labute approximate surface area is 101 Å². The van der Waals surface area contributed by atoms with E-state index in [4.69, 9.17) is 0 Å². The predicted molar refractivity (Wildman–Crippen MR) is 67.8 cm³/mol. The van der Waals surface area contributed by atoms with Crippen molar-refractivity contribution in [3.8, 4) is 11.4 Å². The lowest BCUT2D eigenvalue weighted by Crippen LogP contribution is -2.06. The maximum atomic E-state index is 4.39. The number of nitrogens with one attached hydrogen (secondary N) is 1. The SMILES string of the molecule is CCCNc1nccnc1-c1cnc(C)n1C. The molecular weight excluding hydrogens is 214 g/mol. The second-order valence-corrected chi connectivity index (χ2v) is 3.93. The van der Waals surface area contributed by atoms with Crippen molar-refractivity contribution in [2.75, 3.05) is 11.9 Å². The normalized spacial score (nSPS) is 10.5. The molecule has 0 fully saturated rings. The van der Waals surface area contributed by atoms with Crippen molar-refractivity contribution in [2.45, 2.75) is 20.3 Å². The predicted octanol–water partition coefficient (Wildman–Crippen LogP) is 2.01. The molecule has 5 nitrogen and oxygen atoms in total. The van der Waals surface area contributed by atoms with Crippen LogP contribution in [0.3, 0.4) is 0 Å². The van der Waals surface area contributed by atoms with Crippen LogP contribution in [0, 0.1) is 6.92 Å². The molecule has 0 bridgehead atoms. The summed E-state index contributed by atoms with van der Waals surface area (Å²) in [6.07, 6.45) is 6.29. The van der Waals surface area contributed by atoms with Gasteiger partial charge in [-0.1, -0.05) is 6.92 Å². The highest BCUT2D eigenvalue weighted by Gasteiger charge is 2.12. The van der Waals surface area contributed by atoms with E-state index in [2.05, 4.69) is 27.2 Å². The highest BCUT2D eigenvalue weighted by Crippen LogP contribution is 2.23. The van der Waals surface area contributed by atoms with Crippen molar-refractivity contribution >= 4 is 5.82 Å². The van der Waals surface area contributed by atoms with E-state index < -0.39 is 0 Å². The van der Waals surface area contributed by atoms with Crippen molar-refractivity contribution in [3.05, 3.63) is 24.4 Å². The van der Waals surface area contributed by atoms with E-state index in [0.29, 0.717) is 0 Å². The number of aromatic nitrogens is 4. The van der Waals surface area contributed by atoms with E-state index >= 15 is 0 Å². The summed E-state index contributed by atoms with van der Waals surface area (Å²) in [5.41, 5.74) is 1.83. The number of hydrogen-bond acceptors (Lipinski definition) is 4. The van der Waals surface area contributed by atoms with Crippen LogP contribution in [0.15, 0.2) is 18.6 Å². The van der Waals surface area contributed by atoms with E-state index in [1.807, 2.05) is 24.7 Å². The number of imidazole rings is 1. The van der Waals surface area contributed by atoms with Crippen molar-refractivity contribution in [1.82, 2.24) is 19.5 Å². The number of hydrogen-bond donors (Lipinski definition) is 1. The topological polar surface area (TPSA) is 55.6 Å². The monoisotopic (exact) mass is 231 g/mol. The molecule has 2 rings (SSSR count). The lowest BCUT2D eigenvalue weighted by atomic mass is 10.3. The summed E-state index contributed by atoms with van der Waals surface area (Å²) in [6.45, 7) is 4.98. The molecule has 90 valence electrons. The average Bonchev–Trinajstić information content (AvgIpc) is 2.68. The Balaban J connectivity index is 2.41. The first-order valence-electron chi connectivity index (χ1n) is 5.77. The Kier molecular flexibility index (Phi) is 3.37. The van der Waals surface area contributed by atoms with E-state index in [0.717, 1.165) is 36.0 Å². The molecule has 0 saturated heterocycles. The third kappa shape index (κ3) is 2.27. The van der Waals surface area contributed by atoms with Crippen LogP contribution in [0.1, 0.15) is 19.2 Å². The summed E-state index contributed by atoms with van der Waals surface area (Å²) in [6, 6.07) is 0. The smallest absolute Gasteiger partial charge is 0.154 e. The van der Waals surface area contributed by atoms with Gasteiger partial charge in [0.25, 0.3) is 0 Å². The summed E-state index contributed by atoms with van der Waals surface area (Å²) in [5.74, 6) is 1.78. The quantitative estimate of drug-likeness (QED) is 0.874. The van der Waals surface area contributed by atoms with Gasteiger partial charge in [0.2, 0.25) is 0 Å². The highest BCUT2D eigenvalue weighted by atomic mass is 15.1. The second kappa shape index (κ2) is 4.95. The molecule has 0 amide bonds. The van der Waals surface area contributed by atoms with Gasteiger partial charge in [-0.3, -0.25) is 0 Å². The van der Waals surface area contributed by atoms with E-state index in [1.54, 1.807) is 12.4 Å². The van der Waals surface area contributed by atoms with Crippen LogP contribution >= 0.6 is 0 Å². The van der Waals surface area contributed by atoms with Gasteiger partial charge < -0.3 is 9.88 Å². The third-order valence-electron chi connectivity index (χ3n) is 2.70. The summed E-state index contributed by atoms with van der Waals surface area (Å²) in [4.78, 5) is 13.0. The molecular formula is C12H17N5. The number of anilines is 1. The van der Waals surface area contributed by atoms with Crippen LogP contribution in [0.2, 0.25) is 0 Å². The van der Waals surface area contributed by atoms with Gasteiger partial charge in [0.15, 0.2) is 5.82 Å². The van der Waals surface area contributed by atoms with Gasteiger partial charge in [0, 0.05) is 26.0 Å². The maximum Gasteiger partial charge on any atom is 0.154 e. The minimum absolute atomic E-state index is 0.817. The molecule has 0 aliphatic rings. The molecule has 2 aromatic rings. The Morgan fingerprint density at radius 2 is 2.00 bits per heavy atom. The Morgan fingerprint density at radius 3 is 2.65 bits per heavy atom. The fourth-order valence-electron chi connectivity index (χ4n) is 1.62. The Morgan fingerprint density at radius 1 is 1.24 bits per heavy atom. The van der Waals surface area contributed by atoms with Gasteiger partial charge in [-0.25, -0.2) is 15.0 Å². The molecule has 0 aliphatic heterocycles. The summed E-state index contributed by atoms with van der Waals surface area (Å²) in [7, 11) is 1.98. The molecule has 0 unspecified atom stereocenters. The Hall–Kier alpha value is -1.91. The summed E-state index contributed by atoms with van der Waals surface area (Å²) in [5, 5.41) is 3.28. The van der Waals surface area contributed by atoms with Crippen LogP contribution in [0.4, 0.5) is 5.82 Å². The van der Waals surface area contributed by atoms with Gasteiger partial charge in [-0.15, -0.1) is 0 Å². The van der Waals surface area contributed by atoms with Gasteiger partial charge >= 0.3 is 0 Å². The second-order valence-electron chi connectivity index (χ2n) is 3.93. The standard InChI is InChI=1S/C12H17N5/c1-4-5-14-12-11(13-6-7-15-12)10-8-16-9(2)17(10)3/h6-8H,4-5H2,1-3H3,(H,14,15). The maximum absolute atomic E-state index is 4.39. The Bertz CT molecular complexity index is 503. The first kappa shape index (κ1) is 11.6. The molecule has 17 heavy (non-hydrogen) atoms. The van der Waals surface area contributed by atoms with Gasteiger partial charge in [-0.05, 0) is 13.3 Å². The van der Waals surface area contributed by atoms with Crippen LogP contribution in [-0.2, 0) is 7.05 Å². The fourth-order valence-corrected chi connectivity index (χ4v) is 1.62.